The molecule has 0 bridgehead atoms. The van der Waals surface area contributed by atoms with Gasteiger partial charge in [-0.05, 0) is 18.2 Å². The predicted molar refractivity (Wildman–Crippen MR) is 90.3 cm³/mol. The standard InChI is InChI=1S/C15H17Cl2FN4O2/c1-24-15(23)11(19)6-12-14(20)21-4-5-22(12)7-8-9(16)2-3-10(18)13(8)17/h2-3,6,21H,4-5,7,19-20H2,1H3/b11-6-. The largest absolute Gasteiger partial charge is 0.464 e. The highest BCUT2D eigenvalue weighted by Gasteiger charge is 2.21. The highest BCUT2D eigenvalue weighted by Crippen LogP contribution is 2.30. The van der Waals surface area contributed by atoms with Crippen molar-refractivity contribution in [3.8, 4) is 0 Å². The number of hydrogen-bond acceptors (Lipinski definition) is 6. The Kier molecular flexibility index (Phi) is 5.80. The van der Waals surface area contributed by atoms with Crippen molar-refractivity contribution in [1.82, 2.24) is 10.2 Å². The number of nitrogens with zero attached hydrogens (tertiary/aromatic N) is 1. The zero-order valence-corrected chi connectivity index (χ0v) is 14.4. The summed E-state index contributed by atoms with van der Waals surface area (Å²) in [6.45, 7) is 1.30. The first kappa shape index (κ1) is 18.2. The van der Waals surface area contributed by atoms with Crippen molar-refractivity contribution >= 4 is 29.2 Å². The second-order valence-corrected chi connectivity index (χ2v) is 5.85. The van der Waals surface area contributed by atoms with Gasteiger partial charge < -0.3 is 26.4 Å². The number of carbonyl (C=O) groups is 1. The van der Waals surface area contributed by atoms with Crippen LogP contribution in [0.4, 0.5) is 4.39 Å². The highest BCUT2D eigenvalue weighted by molar-refractivity contribution is 6.36. The quantitative estimate of drug-likeness (QED) is 0.421. The third-order valence-corrected chi connectivity index (χ3v) is 4.28. The first-order valence-corrected chi connectivity index (χ1v) is 7.77. The van der Waals surface area contributed by atoms with Crippen molar-refractivity contribution in [2.24, 2.45) is 11.5 Å². The molecule has 0 aromatic heterocycles. The molecule has 0 amide bonds. The molecule has 0 atom stereocenters. The molecule has 0 saturated carbocycles. The fourth-order valence-electron chi connectivity index (χ4n) is 2.27. The van der Waals surface area contributed by atoms with Gasteiger partial charge >= 0.3 is 5.97 Å². The number of hydrogen-bond donors (Lipinski definition) is 3. The molecule has 2 rings (SSSR count). The van der Waals surface area contributed by atoms with Crippen molar-refractivity contribution in [2.75, 3.05) is 20.2 Å². The number of ether oxygens (including phenoxy) is 1. The van der Waals surface area contributed by atoms with E-state index in [1.165, 1.54) is 25.3 Å². The number of esters is 1. The number of benzene rings is 1. The predicted octanol–water partition coefficient (Wildman–Crippen LogP) is 1.68. The summed E-state index contributed by atoms with van der Waals surface area (Å²) in [7, 11) is 1.23. The number of allylic oxidation sites excluding steroid dienone is 1. The van der Waals surface area contributed by atoms with Gasteiger partial charge in [-0.2, -0.15) is 0 Å². The van der Waals surface area contributed by atoms with E-state index in [1.54, 1.807) is 4.90 Å². The van der Waals surface area contributed by atoms with Gasteiger partial charge in [-0.15, -0.1) is 0 Å². The first-order valence-electron chi connectivity index (χ1n) is 7.01. The van der Waals surface area contributed by atoms with Gasteiger partial charge in [0.2, 0.25) is 0 Å². The molecule has 24 heavy (non-hydrogen) atoms. The number of nitrogens with one attached hydrogen (secondary N) is 1. The smallest absolute Gasteiger partial charge is 0.353 e. The Morgan fingerprint density at radius 3 is 2.88 bits per heavy atom. The van der Waals surface area contributed by atoms with Crippen molar-refractivity contribution in [1.29, 1.82) is 0 Å². The van der Waals surface area contributed by atoms with Crippen molar-refractivity contribution in [3.63, 3.8) is 0 Å². The topological polar surface area (TPSA) is 93.6 Å². The normalized spacial score (nSPS) is 15.3. The Bertz CT molecular complexity index is 722. The molecule has 0 unspecified atom stereocenters. The van der Waals surface area contributed by atoms with Crippen LogP contribution in [-0.4, -0.2) is 31.1 Å². The molecule has 1 heterocycles. The van der Waals surface area contributed by atoms with Crippen molar-refractivity contribution in [2.45, 2.75) is 6.54 Å². The van der Waals surface area contributed by atoms with E-state index >= 15 is 0 Å². The Hall–Kier alpha value is -2.12. The van der Waals surface area contributed by atoms with E-state index < -0.39 is 11.8 Å². The van der Waals surface area contributed by atoms with Crippen LogP contribution in [0.25, 0.3) is 0 Å². The molecule has 1 aliphatic heterocycles. The zero-order valence-electron chi connectivity index (χ0n) is 12.9. The molecule has 1 aromatic carbocycles. The van der Waals surface area contributed by atoms with Crippen LogP contribution in [0.2, 0.25) is 10.0 Å². The molecular formula is C15H17Cl2FN4O2. The molecule has 9 heteroatoms. The average Bonchev–Trinajstić information content (AvgIpc) is 2.57. The van der Waals surface area contributed by atoms with Crippen LogP contribution in [0.1, 0.15) is 5.56 Å². The summed E-state index contributed by atoms with van der Waals surface area (Å²) in [4.78, 5) is 13.3. The SMILES string of the molecule is COC(=O)/C(N)=C/C1=C(N)NCCN1Cc1c(Cl)ccc(F)c1Cl. The van der Waals surface area contributed by atoms with Crippen LogP contribution in [-0.2, 0) is 16.1 Å². The lowest BCUT2D eigenvalue weighted by atomic mass is 10.1. The van der Waals surface area contributed by atoms with Crippen LogP contribution < -0.4 is 16.8 Å². The molecule has 5 N–H and O–H groups in total. The van der Waals surface area contributed by atoms with Gasteiger partial charge in [-0.3, -0.25) is 0 Å². The van der Waals surface area contributed by atoms with E-state index in [1.807, 2.05) is 0 Å². The van der Waals surface area contributed by atoms with Crippen LogP contribution in [0.15, 0.2) is 35.4 Å². The molecule has 0 saturated heterocycles. The number of methoxy groups -OCH3 is 1. The monoisotopic (exact) mass is 374 g/mol. The first-order chi connectivity index (χ1) is 11.3. The van der Waals surface area contributed by atoms with Gasteiger partial charge in [0.25, 0.3) is 0 Å². The molecule has 1 aliphatic rings. The third-order valence-electron chi connectivity index (χ3n) is 3.52. The van der Waals surface area contributed by atoms with Gasteiger partial charge in [-0.1, -0.05) is 23.2 Å². The Morgan fingerprint density at radius 1 is 1.50 bits per heavy atom. The second-order valence-electron chi connectivity index (χ2n) is 5.06. The molecule has 130 valence electrons. The number of halogens is 3. The van der Waals surface area contributed by atoms with E-state index in [0.717, 1.165) is 0 Å². The molecule has 6 nitrogen and oxygen atoms in total. The molecule has 0 aliphatic carbocycles. The van der Waals surface area contributed by atoms with E-state index in [0.29, 0.717) is 35.2 Å². The molecule has 0 spiro atoms. The highest BCUT2D eigenvalue weighted by atomic mass is 35.5. The maximum absolute atomic E-state index is 13.7. The Balaban J connectivity index is 2.37. The number of carbonyl (C=O) groups excluding carboxylic acids is 1. The van der Waals surface area contributed by atoms with Crippen molar-refractivity contribution < 1.29 is 13.9 Å². The molecule has 1 aromatic rings. The van der Waals surface area contributed by atoms with E-state index in [4.69, 9.17) is 34.7 Å². The Morgan fingerprint density at radius 2 is 2.21 bits per heavy atom. The third kappa shape index (κ3) is 3.85. The number of rotatable bonds is 4. The summed E-state index contributed by atoms with van der Waals surface area (Å²) in [6, 6.07) is 2.64. The summed E-state index contributed by atoms with van der Waals surface area (Å²) in [5, 5.41) is 3.26. The van der Waals surface area contributed by atoms with Crippen LogP contribution in [0, 0.1) is 5.82 Å². The lowest BCUT2D eigenvalue weighted by Crippen LogP contribution is -2.41. The van der Waals surface area contributed by atoms with E-state index in [-0.39, 0.29) is 17.3 Å². The van der Waals surface area contributed by atoms with Gasteiger partial charge in [0.05, 0.1) is 17.8 Å². The summed E-state index contributed by atoms with van der Waals surface area (Å²) in [6.07, 6.45) is 1.40. The van der Waals surface area contributed by atoms with Gasteiger partial charge in [0, 0.05) is 30.2 Å². The van der Waals surface area contributed by atoms with E-state index in [9.17, 15) is 9.18 Å². The maximum Gasteiger partial charge on any atom is 0.353 e. The Labute approximate surface area is 148 Å². The zero-order chi connectivity index (χ0) is 17.9. The average molecular weight is 375 g/mol. The number of nitrogens with two attached hydrogens (primary N) is 2. The lowest BCUT2D eigenvalue weighted by molar-refractivity contribution is -0.136. The fourth-order valence-corrected chi connectivity index (χ4v) is 2.76. The summed E-state index contributed by atoms with van der Waals surface area (Å²) in [5.74, 6) is -0.909. The minimum absolute atomic E-state index is 0.0520. The summed E-state index contributed by atoms with van der Waals surface area (Å²) >= 11 is 12.1. The summed E-state index contributed by atoms with van der Waals surface area (Å²) < 4.78 is 18.3. The molecule has 0 fully saturated rings. The lowest BCUT2D eigenvalue weighted by Gasteiger charge is -2.32. The van der Waals surface area contributed by atoms with Gasteiger partial charge in [-0.25, -0.2) is 9.18 Å². The van der Waals surface area contributed by atoms with Crippen molar-refractivity contribution in [3.05, 3.63) is 56.8 Å². The second kappa shape index (κ2) is 7.63. The summed E-state index contributed by atoms with van der Waals surface area (Å²) in [5.41, 5.74) is 12.4. The molecular weight excluding hydrogens is 358 g/mol. The van der Waals surface area contributed by atoms with Crippen LogP contribution in [0.5, 0.6) is 0 Å². The van der Waals surface area contributed by atoms with Gasteiger partial charge in [0.15, 0.2) is 0 Å². The van der Waals surface area contributed by atoms with E-state index in [2.05, 4.69) is 10.1 Å². The van der Waals surface area contributed by atoms with Crippen LogP contribution in [0.3, 0.4) is 0 Å². The minimum atomic E-state index is -0.678. The van der Waals surface area contributed by atoms with Gasteiger partial charge in [0.1, 0.15) is 17.3 Å². The fraction of sp³-hybridized carbons (Fsp3) is 0.267. The minimum Gasteiger partial charge on any atom is -0.464 e. The maximum atomic E-state index is 13.7. The van der Waals surface area contributed by atoms with Crippen LogP contribution >= 0.6 is 23.2 Å². The molecule has 0 radical (unpaired) electrons.